The lowest BCUT2D eigenvalue weighted by Gasteiger charge is -2.11. The first-order valence-corrected chi connectivity index (χ1v) is 8.12. The zero-order chi connectivity index (χ0) is 18.9. The molecule has 2 rings (SSSR count). The van der Waals surface area contributed by atoms with Gasteiger partial charge in [0.2, 0.25) is 0 Å². The van der Waals surface area contributed by atoms with Crippen molar-refractivity contribution in [2.75, 3.05) is 12.4 Å². The second kappa shape index (κ2) is 9.18. The lowest BCUT2D eigenvalue weighted by molar-refractivity contribution is -0.112. The fraction of sp³-hybridized carbons (Fsp3) is 0.0909. The van der Waals surface area contributed by atoms with Crippen LogP contribution in [-0.2, 0) is 9.53 Å². The van der Waals surface area contributed by atoms with Crippen molar-refractivity contribution in [1.29, 1.82) is 0 Å². The van der Waals surface area contributed by atoms with E-state index in [4.69, 9.17) is 4.74 Å². The van der Waals surface area contributed by atoms with Crippen molar-refractivity contribution in [3.05, 3.63) is 102 Å². The van der Waals surface area contributed by atoms with E-state index in [1.54, 1.807) is 74.7 Å². The summed E-state index contributed by atoms with van der Waals surface area (Å²) in [6.07, 6.45) is 4.75. The van der Waals surface area contributed by atoms with E-state index in [2.05, 4.69) is 11.9 Å². The van der Waals surface area contributed by atoms with Crippen LogP contribution in [0.1, 0.15) is 22.8 Å². The molecular weight excluding hydrogens is 326 g/mol. The number of rotatable bonds is 7. The summed E-state index contributed by atoms with van der Waals surface area (Å²) < 4.78 is 5.05. The van der Waals surface area contributed by atoms with Gasteiger partial charge in [-0.3, -0.25) is 9.59 Å². The van der Waals surface area contributed by atoms with E-state index in [1.165, 1.54) is 6.08 Å². The highest BCUT2D eigenvalue weighted by atomic mass is 16.5. The Hall–Kier alpha value is -3.40. The van der Waals surface area contributed by atoms with Gasteiger partial charge in [0.25, 0.3) is 5.91 Å². The lowest BCUT2D eigenvalue weighted by atomic mass is 10.0. The Labute approximate surface area is 153 Å². The van der Waals surface area contributed by atoms with Gasteiger partial charge in [-0.2, -0.15) is 0 Å². The number of hydrogen-bond acceptors (Lipinski definition) is 3. The number of hydrogen-bond donors (Lipinski definition) is 1. The highest BCUT2D eigenvalue weighted by Gasteiger charge is 2.15. The highest BCUT2D eigenvalue weighted by molar-refractivity contribution is 6.15. The molecule has 4 nitrogen and oxygen atoms in total. The van der Waals surface area contributed by atoms with Crippen molar-refractivity contribution in [2.45, 2.75) is 6.92 Å². The summed E-state index contributed by atoms with van der Waals surface area (Å²) in [5, 5.41) is 2.78. The third kappa shape index (κ3) is 4.80. The van der Waals surface area contributed by atoms with Crippen LogP contribution in [0, 0.1) is 0 Å². The van der Waals surface area contributed by atoms with Gasteiger partial charge in [0.05, 0.1) is 18.6 Å². The van der Waals surface area contributed by atoms with E-state index < -0.39 is 0 Å². The number of carbonyl (C=O) groups excluding carboxylic acids is 2. The van der Waals surface area contributed by atoms with E-state index in [1.807, 2.05) is 6.07 Å². The maximum atomic E-state index is 12.7. The van der Waals surface area contributed by atoms with Gasteiger partial charge in [0, 0.05) is 16.7 Å². The van der Waals surface area contributed by atoms with Crippen LogP contribution < -0.4 is 5.32 Å². The van der Waals surface area contributed by atoms with Crippen LogP contribution in [0.3, 0.4) is 0 Å². The van der Waals surface area contributed by atoms with Crippen molar-refractivity contribution in [1.82, 2.24) is 0 Å². The number of methoxy groups -OCH3 is 1. The number of ether oxygens (including phenoxy) is 1. The Morgan fingerprint density at radius 3 is 2.31 bits per heavy atom. The van der Waals surface area contributed by atoms with Crippen LogP contribution in [0.4, 0.5) is 5.69 Å². The normalized spacial score (nSPS) is 11.6. The zero-order valence-corrected chi connectivity index (χ0v) is 14.9. The number of amides is 1. The third-order valence-electron chi connectivity index (χ3n) is 3.76. The molecule has 26 heavy (non-hydrogen) atoms. The molecule has 0 aliphatic carbocycles. The fourth-order valence-electron chi connectivity index (χ4n) is 2.24. The van der Waals surface area contributed by atoms with Crippen molar-refractivity contribution in [2.24, 2.45) is 0 Å². The second-order valence-electron chi connectivity index (χ2n) is 5.50. The van der Waals surface area contributed by atoms with Crippen molar-refractivity contribution in [3.8, 4) is 0 Å². The summed E-state index contributed by atoms with van der Waals surface area (Å²) in [6.45, 7) is 5.45. The minimum atomic E-state index is -0.353. The topological polar surface area (TPSA) is 55.4 Å². The van der Waals surface area contributed by atoms with Gasteiger partial charge < -0.3 is 10.1 Å². The van der Waals surface area contributed by atoms with Crippen LogP contribution in [0.15, 0.2) is 90.7 Å². The molecule has 2 aromatic carbocycles. The highest BCUT2D eigenvalue weighted by Crippen LogP contribution is 2.20. The Morgan fingerprint density at radius 1 is 1.00 bits per heavy atom. The fourth-order valence-corrected chi connectivity index (χ4v) is 2.24. The van der Waals surface area contributed by atoms with Gasteiger partial charge in [-0.05, 0) is 31.2 Å². The predicted octanol–water partition coefficient (Wildman–Crippen LogP) is 4.52. The first-order valence-electron chi connectivity index (χ1n) is 8.12. The molecule has 0 fully saturated rings. The van der Waals surface area contributed by atoms with E-state index in [0.717, 1.165) is 0 Å². The second-order valence-corrected chi connectivity index (χ2v) is 5.50. The first kappa shape index (κ1) is 18.9. The molecule has 0 aromatic heterocycles. The monoisotopic (exact) mass is 347 g/mol. The lowest BCUT2D eigenvalue weighted by Crippen LogP contribution is -2.16. The Kier molecular flexibility index (Phi) is 6.68. The molecule has 0 saturated carbocycles. The first-order chi connectivity index (χ1) is 12.6. The van der Waals surface area contributed by atoms with Crippen LogP contribution >= 0.6 is 0 Å². The predicted molar refractivity (Wildman–Crippen MR) is 104 cm³/mol. The number of nitrogens with one attached hydrogen (secondary N) is 1. The smallest absolute Gasteiger partial charge is 0.255 e. The molecule has 0 atom stereocenters. The minimum Gasteiger partial charge on any atom is -0.501 e. The van der Waals surface area contributed by atoms with Gasteiger partial charge in [0.1, 0.15) is 0 Å². The molecule has 0 aliphatic rings. The Morgan fingerprint density at radius 2 is 1.65 bits per heavy atom. The molecule has 132 valence electrons. The number of allylic oxidation sites excluding steroid dienone is 3. The Balaban J connectivity index is 2.29. The van der Waals surface area contributed by atoms with Crippen molar-refractivity contribution >= 4 is 17.4 Å². The summed E-state index contributed by atoms with van der Waals surface area (Å²) in [5.74, 6) is 0.158. The molecule has 0 spiro atoms. The molecule has 2 aromatic rings. The average Bonchev–Trinajstić information content (AvgIpc) is 2.68. The van der Waals surface area contributed by atoms with E-state index in [-0.39, 0.29) is 11.7 Å². The summed E-state index contributed by atoms with van der Waals surface area (Å²) in [6, 6.07) is 15.9. The maximum Gasteiger partial charge on any atom is 0.255 e. The SMILES string of the molecule is C=C/C(=C\C=C(/C)OC)C(=O)Nc1ccccc1C(=O)c1ccccc1. The summed E-state index contributed by atoms with van der Waals surface area (Å²) in [7, 11) is 1.55. The van der Waals surface area contributed by atoms with Crippen LogP contribution in [0.2, 0.25) is 0 Å². The molecule has 0 bridgehead atoms. The van der Waals surface area contributed by atoms with Gasteiger partial charge in [-0.15, -0.1) is 0 Å². The van der Waals surface area contributed by atoms with E-state index in [9.17, 15) is 9.59 Å². The molecule has 0 aliphatic heterocycles. The summed E-state index contributed by atoms with van der Waals surface area (Å²) >= 11 is 0. The summed E-state index contributed by atoms with van der Waals surface area (Å²) in [4.78, 5) is 25.3. The molecule has 0 saturated heterocycles. The van der Waals surface area contributed by atoms with Gasteiger partial charge in [-0.25, -0.2) is 0 Å². The van der Waals surface area contributed by atoms with Crippen LogP contribution in [-0.4, -0.2) is 18.8 Å². The zero-order valence-electron chi connectivity index (χ0n) is 14.9. The Bertz CT molecular complexity index is 864. The molecular formula is C22H21NO3. The van der Waals surface area contributed by atoms with Gasteiger partial charge in [-0.1, -0.05) is 55.1 Å². The molecule has 1 N–H and O–H groups in total. The molecule has 0 unspecified atom stereocenters. The molecule has 0 heterocycles. The third-order valence-corrected chi connectivity index (χ3v) is 3.76. The van der Waals surface area contributed by atoms with Gasteiger partial charge >= 0.3 is 0 Å². The number of carbonyl (C=O) groups is 2. The van der Waals surface area contributed by atoms with Crippen molar-refractivity contribution in [3.63, 3.8) is 0 Å². The number of para-hydroxylation sites is 1. The van der Waals surface area contributed by atoms with Gasteiger partial charge in [0.15, 0.2) is 5.78 Å². The molecule has 1 amide bonds. The number of ketones is 1. The van der Waals surface area contributed by atoms with E-state index >= 15 is 0 Å². The quantitative estimate of drug-likeness (QED) is 0.347. The van der Waals surface area contributed by atoms with Crippen LogP contribution in [0.25, 0.3) is 0 Å². The number of benzene rings is 2. The maximum absolute atomic E-state index is 12.7. The standard InChI is InChI=1S/C22H21NO3/c1-4-17(15-14-16(2)26-3)22(25)23-20-13-9-8-12-19(20)21(24)18-10-6-5-7-11-18/h4-15H,1H2,2-3H3,(H,23,25)/b16-14+,17-15+. The van der Waals surface area contributed by atoms with E-state index in [0.29, 0.717) is 28.1 Å². The summed E-state index contributed by atoms with van der Waals surface area (Å²) in [5.41, 5.74) is 1.81. The van der Waals surface area contributed by atoms with Crippen molar-refractivity contribution < 1.29 is 14.3 Å². The molecule has 0 radical (unpaired) electrons. The largest absolute Gasteiger partial charge is 0.501 e. The minimum absolute atomic E-state index is 0.152. The average molecular weight is 347 g/mol. The van der Waals surface area contributed by atoms with Crippen LogP contribution in [0.5, 0.6) is 0 Å². The number of anilines is 1. The molecule has 4 heteroatoms.